The second-order valence-corrected chi connectivity index (χ2v) is 9.57. The molecule has 1 saturated heterocycles. The number of hydrogen-bond donors (Lipinski definition) is 2. The van der Waals surface area contributed by atoms with E-state index in [1.165, 1.54) is 5.56 Å². The Morgan fingerprint density at radius 1 is 1.21 bits per heavy atom. The van der Waals surface area contributed by atoms with Crippen LogP contribution in [0.5, 0.6) is 0 Å². The number of allylic oxidation sites excluding steroid dienone is 2. The lowest BCUT2D eigenvalue weighted by atomic mass is 9.81. The number of fused-ring (bicyclic) bond motifs is 2. The summed E-state index contributed by atoms with van der Waals surface area (Å²) >= 11 is 0. The number of aryl methyl sites for hydroxylation is 1. The Morgan fingerprint density at radius 3 is 2.76 bits per heavy atom. The topological polar surface area (TPSA) is 67.8 Å². The summed E-state index contributed by atoms with van der Waals surface area (Å²) in [6, 6.07) is 10.3. The van der Waals surface area contributed by atoms with Crippen molar-refractivity contribution < 1.29 is 19.2 Å². The van der Waals surface area contributed by atoms with E-state index in [2.05, 4.69) is 42.6 Å². The predicted molar refractivity (Wildman–Crippen MR) is 138 cm³/mol. The predicted octanol–water partition coefficient (Wildman–Crippen LogP) is 5.11. The number of aliphatic hydroxyl groups excluding tert-OH is 1. The lowest BCUT2D eigenvalue weighted by molar-refractivity contribution is -0.121. The van der Waals surface area contributed by atoms with Crippen LogP contribution in [0.1, 0.15) is 64.4 Å². The summed E-state index contributed by atoms with van der Waals surface area (Å²) in [6.45, 7) is 4.79. The third-order valence-corrected chi connectivity index (χ3v) is 6.89. The summed E-state index contributed by atoms with van der Waals surface area (Å²) < 4.78 is 12.6. The van der Waals surface area contributed by atoms with Gasteiger partial charge in [-0.25, -0.2) is 0 Å². The molecular formula is C28H42BNO4. The highest BCUT2D eigenvalue weighted by Crippen LogP contribution is 2.44. The van der Waals surface area contributed by atoms with E-state index in [0.717, 1.165) is 44.8 Å². The van der Waals surface area contributed by atoms with Gasteiger partial charge in [0.05, 0.1) is 12.2 Å². The van der Waals surface area contributed by atoms with Crippen molar-refractivity contribution in [3.63, 3.8) is 0 Å². The van der Waals surface area contributed by atoms with E-state index in [1.54, 1.807) is 0 Å². The molecule has 2 bridgehead atoms. The first-order chi connectivity index (χ1) is 16.6. The van der Waals surface area contributed by atoms with Crippen LogP contribution in [0.2, 0.25) is 6.32 Å². The molecule has 1 amide bonds. The van der Waals surface area contributed by atoms with Gasteiger partial charge in [-0.15, -0.1) is 0 Å². The average molecular weight is 467 g/mol. The van der Waals surface area contributed by atoms with E-state index in [1.807, 2.05) is 31.2 Å². The number of amides is 1. The second kappa shape index (κ2) is 14.5. The summed E-state index contributed by atoms with van der Waals surface area (Å²) in [6.07, 6.45) is 16.2. The summed E-state index contributed by atoms with van der Waals surface area (Å²) in [5, 5.41) is 13.4. The minimum Gasteiger partial charge on any atom is -0.408 e. The van der Waals surface area contributed by atoms with Crippen LogP contribution >= 0.6 is 0 Å². The molecule has 1 aromatic rings. The molecule has 2 unspecified atom stereocenters. The number of rotatable bonds is 14. The molecule has 3 rings (SSSR count). The number of hydrogen-bond acceptors (Lipinski definition) is 4. The summed E-state index contributed by atoms with van der Waals surface area (Å²) in [5.74, 6) is 0.728. The van der Waals surface area contributed by atoms with Gasteiger partial charge >= 0.3 is 7.12 Å². The van der Waals surface area contributed by atoms with Crippen LogP contribution in [-0.2, 0) is 20.5 Å². The van der Waals surface area contributed by atoms with Crippen LogP contribution in [0.3, 0.4) is 0 Å². The van der Waals surface area contributed by atoms with Crippen LogP contribution in [0.4, 0.5) is 0 Å². The molecule has 34 heavy (non-hydrogen) atoms. The first kappa shape index (κ1) is 26.7. The third-order valence-electron chi connectivity index (χ3n) is 6.89. The highest BCUT2D eigenvalue weighted by molar-refractivity contribution is 6.44. The first-order valence-electron chi connectivity index (χ1n) is 13.2. The monoisotopic (exact) mass is 467 g/mol. The molecular weight excluding hydrogens is 425 g/mol. The van der Waals surface area contributed by atoms with Crippen molar-refractivity contribution >= 4 is 13.0 Å². The Kier molecular flexibility index (Phi) is 11.4. The fraction of sp³-hybridized carbons (Fsp3) is 0.607. The minimum atomic E-state index is -0.460. The fourth-order valence-electron chi connectivity index (χ4n) is 5.11. The molecule has 1 aliphatic carbocycles. The van der Waals surface area contributed by atoms with Crippen LogP contribution < -0.4 is 5.32 Å². The van der Waals surface area contributed by atoms with Crippen LogP contribution in [0.25, 0.3) is 0 Å². The smallest absolute Gasteiger partial charge is 0.408 e. The molecule has 2 fully saturated rings. The Balaban J connectivity index is 1.54. The molecule has 0 radical (unpaired) electrons. The Morgan fingerprint density at radius 2 is 2.00 bits per heavy atom. The average Bonchev–Trinajstić information content (AvgIpc) is 3.08. The summed E-state index contributed by atoms with van der Waals surface area (Å²) in [7, 11) is -0.112. The van der Waals surface area contributed by atoms with E-state index in [9.17, 15) is 9.90 Å². The normalized spacial score (nSPS) is 25.3. The quantitative estimate of drug-likeness (QED) is 0.227. The number of carbonyl (C=O) groups excluding carboxylic acids is 1. The minimum absolute atomic E-state index is 0.112. The van der Waals surface area contributed by atoms with Crippen molar-refractivity contribution in [3.05, 3.63) is 60.2 Å². The van der Waals surface area contributed by atoms with E-state index in [4.69, 9.17) is 9.31 Å². The zero-order chi connectivity index (χ0) is 24.2. The van der Waals surface area contributed by atoms with Gasteiger partial charge in [-0.3, -0.25) is 4.79 Å². The Bertz CT molecular complexity index is 784. The highest BCUT2D eigenvalue weighted by Gasteiger charge is 2.49. The summed E-state index contributed by atoms with van der Waals surface area (Å²) in [4.78, 5) is 11.6. The zero-order valence-corrected chi connectivity index (χ0v) is 20.9. The molecule has 6 heteroatoms. The largest absolute Gasteiger partial charge is 0.457 e. The molecule has 1 saturated carbocycles. The summed E-state index contributed by atoms with van der Waals surface area (Å²) in [5.41, 5.74) is 1.25. The zero-order valence-electron chi connectivity index (χ0n) is 20.9. The van der Waals surface area contributed by atoms with Gasteiger partial charge < -0.3 is 19.7 Å². The van der Waals surface area contributed by atoms with Gasteiger partial charge in [-0.05, 0) is 63.3 Å². The molecule has 1 aliphatic heterocycles. The Labute approximate surface area is 206 Å². The number of benzene rings is 1. The van der Waals surface area contributed by atoms with Crippen LogP contribution in [0.15, 0.2) is 54.6 Å². The molecule has 2 N–H and O–H groups in total. The van der Waals surface area contributed by atoms with Crippen molar-refractivity contribution in [1.82, 2.24) is 5.32 Å². The van der Waals surface area contributed by atoms with Crippen LogP contribution in [0, 0.1) is 11.8 Å². The van der Waals surface area contributed by atoms with Gasteiger partial charge in [0.25, 0.3) is 0 Å². The van der Waals surface area contributed by atoms with Crippen molar-refractivity contribution in [3.8, 4) is 0 Å². The van der Waals surface area contributed by atoms with Gasteiger partial charge in [0.15, 0.2) is 0 Å². The fourth-order valence-corrected chi connectivity index (χ4v) is 5.11. The van der Waals surface area contributed by atoms with E-state index >= 15 is 0 Å². The standard InChI is InChI=1S/C28H42BNO4/c1-3-20-29-33-26-21-27(34-29)25(19-18-23(31)17-16-22-12-8-7-9-13-22)24(26)14-10-5-6-11-15-28(32)30-4-2/h5,7-10,12-13,18-19,23-27,31H,3-4,6,11,14-17,20-21H2,1-2H3,(H,30,32)/t23-,24+,25+,26?,27?/m0/s1. The Hall–Kier alpha value is -1.89. The maximum absolute atomic E-state index is 11.6. The van der Waals surface area contributed by atoms with Gasteiger partial charge in [0, 0.05) is 25.0 Å². The van der Waals surface area contributed by atoms with Crippen molar-refractivity contribution in [2.75, 3.05) is 6.54 Å². The second-order valence-electron chi connectivity index (χ2n) is 9.57. The molecule has 186 valence electrons. The van der Waals surface area contributed by atoms with Gasteiger partial charge in [0.1, 0.15) is 0 Å². The molecule has 1 aromatic carbocycles. The van der Waals surface area contributed by atoms with E-state index in [0.29, 0.717) is 25.3 Å². The molecule has 0 aromatic heterocycles. The SMILES string of the molecule is CCCB1OC2CC(O1)[C@H](CC=CCCCC(=O)NCC)[C@H]2C=C[C@@H](O)CCc1ccccc1. The lowest BCUT2D eigenvalue weighted by Gasteiger charge is -2.27. The first-order valence-corrected chi connectivity index (χ1v) is 13.2. The van der Waals surface area contributed by atoms with Crippen LogP contribution in [-0.4, -0.2) is 43.0 Å². The number of aliphatic hydroxyl groups is 1. The molecule has 0 spiro atoms. The van der Waals surface area contributed by atoms with Gasteiger partial charge in [-0.2, -0.15) is 0 Å². The van der Waals surface area contributed by atoms with Gasteiger partial charge in [-0.1, -0.05) is 68.0 Å². The van der Waals surface area contributed by atoms with E-state index in [-0.39, 0.29) is 31.2 Å². The number of carbonyl (C=O) groups is 1. The highest BCUT2D eigenvalue weighted by atomic mass is 16.6. The third kappa shape index (κ3) is 8.40. The number of unbranched alkanes of at least 4 members (excludes halogenated alkanes) is 1. The van der Waals surface area contributed by atoms with Crippen molar-refractivity contribution in [2.45, 2.75) is 89.8 Å². The lowest BCUT2D eigenvalue weighted by Crippen LogP contribution is -2.37. The maximum Gasteiger partial charge on any atom is 0.457 e. The molecule has 5 atom stereocenters. The van der Waals surface area contributed by atoms with Crippen molar-refractivity contribution in [1.29, 1.82) is 0 Å². The maximum atomic E-state index is 11.6. The molecule has 2 aliphatic rings. The van der Waals surface area contributed by atoms with E-state index < -0.39 is 6.10 Å². The number of nitrogens with one attached hydrogen (secondary N) is 1. The molecule has 1 heterocycles. The van der Waals surface area contributed by atoms with Crippen molar-refractivity contribution in [2.24, 2.45) is 11.8 Å². The molecule has 5 nitrogen and oxygen atoms in total. The van der Waals surface area contributed by atoms with Gasteiger partial charge in [0.2, 0.25) is 5.91 Å².